The minimum absolute atomic E-state index is 0.0462. The van der Waals surface area contributed by atoms with Crippen molar-refractivity contribution in [2.24, 2.45) is 0 Å². The van der Waals surface area contributed by atoms with Gasteiger partial charge in [0, 0.05) is 56.7 Å². The summed E-state index contributed by atoms with van der Waals surface area (Å²) < 4.78 is 4.90. The van der Waals surface area contributed by atoms with Gasteiger partial charge in [-0.05, 0) is 37.2 Å². The number of amides is 1. The van der Waals surface area contributed by atoms with Gasteiger partial charge in [-0.3, -0.25) is 24.1 Å². The topological polar surface area (TPSA) is 71.2 Å². The molecule has 2 aromatic rings. The summed E-state index contributed by atoms with van der Waals surface area (Å²) in [6.07, 6.45) is 7.61. The number of hydrogen-bond donors (Lipinski definition) is 1. The van der Waals surface area contributed by atoms with Gasteiger partial charge in [-0.25, -0.2) is 4.68 Å². The molecule has 154 valence electrons. The molecule has 2 aliphatic rings. The second-order valence-electron chi connectivity index (χ2n) is 7.58. The fraction of sp³-hybridized carbons (Fsp3) is 0.500. The third-order valence-corrected chi connectivity index (χ3v) is 5.72. The number of pyridine rings is 1. The van der Waals surface area contributed by atoms with Gasteiger partial charge in [0.2, 0.25) is 5.91 Å². The number of carbonyl (C=O) groups excluding carboxylic acids is 1. The second kappa shape index (κ2) is 8.98. The Morgan fingerprint density at radius 3 is 2.69 bits per heavy atom. The molecule has 0 spiro atoms. The Balaban J connectivity index is 1.40. The number of carbonyl (C=O) groups is 1. The zero-order valence-electron chi connectivity index (χ0n) is 16.5. The summed E-state index contributed by atoms with van der Waals surface area (Å²) in [4.78, 5) is 20.6. The van der Waals surface area contributed by atoms with Crippen LogP contribution in [0.1, 0.15) is 18.9 Å². The first kappa shape index (κ1) is 19.9. The quantitative estimate of drug-likeness (QED) is 0.525. The molecule has 1 aliphatic heterocycles. The summed E-state index contributed by atoms with van der Waals surface area (Å²) in [5.74, 6) is 0.952. The van der Waals surface area contributed by atoms with Crippen LogP contribution in [-0.4, -0.2) is 74.3 Å². The standard InChI is InChI=1S/C20H27N7OS/c1-2-7-22-18(28)14-24-9-11-25(12-10-24)15-26-20(29)27(17-5-6-17)19(23-26)16-4-3-8-21-13-16/h2-4,8,13,17H,1,5-7,9-12,14-15H2,(H,22,28). The fourth-order valence-corrected chi connectivity index (χ4v) is 3.92. The van der Waals surface area contributed by atoms with Crippen LogP contribution in [-0.2, 0) is 11.5 Å². The number of hydrogen-bond acceptors (Lipinski definition) is 6. The van der Waals surface area contributed by atoms with Crippen molar-refractivity contribution in [2.75, 3.05) is 39.3 Å². The van der Waals surface area contributed by atoms with E-state index < -0.39 is 0 Å². The zero-order chi connectivity index (χ0) is 20.2. The molecular formula is C20H27N7OS. The van der Waals surface area contributed by atoms with E-state index in [-0.39, 0.29) is 5.91 Å². The lowest BCUT2D eigenvalue weighted by molar-refractivity contribution is -0.122. The highest BCUT2D eigenvalue weighted by Crippen LogP contribution is 2.38. The van der Waals surface area contributed by atoms with Crippen LogP contribution < -0.4 is 5.32 Å². The maximum absolute atomic E-state index is 11.9. The molecule has 0 radical (unpaired) electrons. The average molecular weight is 414 g/mol. The predicted molar refractivity (Wildman–Crippen MR) is 114 cm³/mol. The Bertz CT molecular complexity index is 911. The highest BCUT2D eigenvalue weighted by atomic mass is 32.1. The monoisotopic (exact) mass is 413 g/mol. The van der Waals surface area contributed by atoms with Gasteiger partial charge in [0.15, 0.2) is 10.6 Å². The molecule has 1 aliphatic carbocycles. The van der Waals surface area contributed by atoms with Crippen molar-refractivity contribution in [3.8, 4) is 11.4 Å². The van der Waals surface area contributed by atoms with E-state index in [9.17, 15) is 4.79 Å². The SMILES string of the molecule is C=CCNC(=O)CN1CCN(Cn2nc(-c3cccnc3)n(C3CC3)c2=S)CC1. The van der Waals surface area contributed by atoms with E-state index >= 15 is 0 Å². The highest BCUT2D eigenvalue weighted by Gasteiger charge is 2.29. The van der Waals surface area contributed by atoms with Gasteiger partial charge in [-0.15, -0.1) is 6.58 Å². The fourth-order valence-electron chi connectivity index (χ4n) is 3.59. The number of aromatic nitrogens is 4. The summed E-state index contributed by atoms with van der Waals surface area (Å²) in [5.41, 5.74) is 1.000. The molecule has 0 unspecified atom stereocenters. The van der Waals surface area contributed by atoms with E-state index in [1.807, 2.05) is 23.0 Å². The zero-order valence-corrected chi connectivity index (χ0v) is 17.4. The van der Waals surface area contributed by atoms with Gasteiger partial charge in [-0.1, -0.05) is 6.08 Å². The number of rotatable bonds is 8. The lowest BCUT2D eigenvalue weighted by Crippen LogP contribution is -2.49. The Morgan fingerprint density at radius 2 is 2.03 bits per heavy atom. The lowest BCUT2D eigenvalue weighted by atomic mass is 10.3. The van der Waals surface area contributed by atoms with Gasteiger partial charge in [-0.2, -0.15) is 5.10 Å². The molecule has 9 heteroatoms. The third kappa shape index (κ3) is 4.80. The van der Waals surface area contributed by atoms with Crippen molar-refractivity contribution < 1.29 is 4.79 Å². The summed E-state index contributed by atoms with van der Waals surface area (Å²) >= 11 is 5.76. The Morgan fingerprint density at radius 1 is 1.28 bits per heavy atom. The molecule has 4 rings (SSSR count). The molecule has 1 saturated heterocycles. The first-order chi connectivity index (χ1) is 14.2. The first-order valence-electron chi connectivity index (χ1n) is 10.1. The van der Waals surface area contributed by atoms with Crippen molar-refractivity contribution in [1.82, 2.24) is 34.4 Å². The van der Waals surface area contributed by atoms with Crippen molar-refractivity contribution in [1.29, 1.82) is 0 Å². The maximum Gasteiger partial charge on any atom is 0.234 e. The van der Waals surface area contributed by atoms with Crippen LogP contribution in [0.5, 0.6) is 0 Å². The van der Waals surface area contributed by atoms with Crippen LogP contribution in [0.4, 0.5) is 0 Å². The lowest BCUT2D eigenvalue weighted by Gasteiger charge is -2.33. The maximum atomic E-state index is 11.9. The summed E-state index contributed by atoms with van der Waals surface area (Å²) in [6.45, 7) is 8.71. The minimum Gasteiger partial charge on any atom is -0.352 e. The van der Waals surface area contributed by atoms with Crippen molar-refractivity contribution in [3.63, 3.8) is 0 Å². The normalized spacial score (nSPS) is 17.9. The molecule has 0 aromatic carbocycles. The average Bonchev–Trinajstić information content (AvgIpc) is 3.53. The molecule has 2 aromatic heterocycles. The second-order valence-corrected chi connectivity index (χ2v) is 7.94. The molecule has 1 saturated carbocycles. The van der Waals surface area contributed by atoms with E-state index in [0.717, 1.165) is 55.2 Å². The molecule has 1 amide bonds. The number of nitrogens with one attached hydrogen (secondary N) is 1. The summed E-state index contributed by atoms with van der Waals surface area (Å²) in [6, 6.07) is 4.42. The van der Waals surface area contributed by atoms with Crippen LogP contribution in [0.25, 0.3) is 11.4 Å². The Kier molecular flexibility index (Phi) is 6.17. The molecule has 29 heavy (non-hydrogen) atoms. The van der Waals surface area contributed by atoms with E-state index in [2.05, 4.69) is 31.2 Å². The smallest absolute Gasteiger partial charge is 0.234 e. The van der Waals surface area contributed by atoms with Crippen molar-refractivity contribution >= 4 is 18.1 Å². The van der Waals surface area contributed by atoms with Gasteiger partial charge in [0.05, 0.1) is 13.2 Å². The minimum atomic E-state index is 0.0462. The van der Waals surface area contributed by atoms with Crippen LogP contribution in [0, 0.1) is 4.77 Å². The van der Waals surface area contributed by atoms with Gasteiger partial charge in [0.25, 0.3) is 0 Å². The number of nitrogens with zero attached hydrogens (tertiary/aromatic N) is 6. The molecule has 1 N–H and O–H groups in total. The molecular weight excluding hydrogens is 386 g/mol. The Labute approximate surface area is 175 Å². The Hall–Kier alpha value is -2.36. The highest BCUT2D eigenvalue weighted by molar-refractivity contribution is 7.71. The molecule has 0 bridgehead atoms. The van der Waals surface area contributed by atoms with E-state index in [1.165, 1.54) is 0 Å². The van der Waals surface area contributed by atoms with Crippen LogP contribution in [0.2, 0.25) is 0 Å². The summed E-state index contributed by atoms with van der Waals surface area (Å²) in [7, 11) is 0. The van der Waals surface area contributed by atoms with Gasteiger partial charge >= 0.3 is 0 Å². The van der Waals surface area contributed by atoms with Crippen molar-refractivity contribution in [2.45, 2.75) is 25.6 Å². The van der Waals surface area contributed by atoms with Crippen LogP contribution in [0.3, 0.4) is 0 Å². The van der Waals surface area contributed by atoms with Gasteiger partial charge in [0.1, 0.15) is 0 Å². The summed E-state index contributed by atoms with van der Waals surface area (Å²) in [5, 5.41) is 7.67. The molecule has 3 heterocycles. The molecule has 8 nitrogen and oxygen atoms in total. The molecule has 0 atom stereocenters. The van der Waals surface area contributed by atoms with Crippen molar-refractivity contribution in [3.05, 3.63) is 42.0 Å². The number of piperazine rings is 1. The van der Waals surface area contributed by atoms with E-state index in [0.29, 0.717) is 25.8 Å². The predicted octanol–water partition coefficient (Wildman–Crippen LogP) is 1.69. The third-order valence-electron chi connectivity index (χ3n) is 5.31. The van der Waals surface area contributed by atoms with Gasteiger partial charge < -0.3 is 5.32 Å². The first-order valence-corrected chi connectivity index (χ1v) is 10.5. The van der Waals surface area contributed by atoms with E-state index in [1.54, 1.807) is 12.3 Å². The van der Waals surface area contributed by atoms with Crippen LogP contribution in [0.15, 0.2) is 37.2 Å². The van der Waals surface area contributed by atoms with Crippen LogP contribution >= 0.6 is 12.2 Å². The largest absolute Gasteiger partial charge is 0.352 e. The molecule has 2 fully saturated rings. The van der Waals surface area contributed by atoms with E-state index in [4.69, 9.17) is 17.3 Å².